The number of carbonyl (C=O) groups excluding carboxylic acids is 2. The summed E-state index contributed by atoms with van der Waals surface area (Å²) < 4.78 is 0. The molecule has 0 aromatic heterocycles. The maximum absolute atomic E-state index is 12.9. The molecule has 2 fully saturated rings. The lowest BCUT2D eigenvalue weighted by atomic mass is 9.98. The molecule has 0 radical (unpaired) electrons. The molecule has 2 aromatic rings. The van der Waals surface area contributed by atoms with Crippen molar-refractivity contribution in [3.63, 3.8) is 0 Å². The van der Waals surface area contributed by atoms with Gasteiger partial charge in [0, 0.05) is 37.6 Å². The van der Waals surface area contributed by atoms with Crippen molar-refractivity contribution < 1.29 is 14.7 Å². The van der Waals surface area contributed by atoms with E-state index >= 15 is 0 Å². The van der Waals surface area contributed by atoms with Crippen molar-refractivity contribution in [1.29, 1.82) is 0 Å². The number of halogens is 1. The molecule has 0 spiro atoms. The summed E-state index contributed by atoms with van der Waals surface area (Å²) in [5.74, 6) is 0.0258. The number of phenols is 1. The van der Waals surface area contributed by atoms with Gasteiger partial charge in [0.2, 0.25) is 11.8 Å². The van der Waals surface area contributed by atoms with Crippen LogP contribution in [0.25, 0.3) is 0 Å². The van der Waals surface area contributed by atoms with E-state index in [4.69, 9.17) is 11.6 Å². The fourth-order valence-electron chi connectivity index (χ4n) is 3.90. The number of phenolic OH excluding ortho intramolecular Hbond substituents is 1. The lowest BCUT2D eigenvalue weighted by Gasteiger charge is -2.45. The highest BCUT2D eigenvalue weighted by Gasteiger charge is 2.43. The van der Waals surface area contributed by atoms with Crippen LogP contribution in [0.3, 0.4) is 0 Å². The number of fused-ring (bicyclic) bond motifs is 1. The Labute approximate surface area is 168 Å². The first kappa shape index (κ1) is 18.8. The van der Waals surface area contributed by atoms with Crippen LogP contribution >= 0.6 is 11.6 Å². The molecule has 2 aliphatic heterocycles. The van der Waals surface area contributed by atoms with Crippen LogP contribution in [0.15, 0.2) is 48.5 Å². The fourth-order valence-corrected chi connectivity index (χ4v) is 4.11. The average Bonchev–Trinajstić information content (AvgIpc) is 2.68. The topological polar surface area (TPSA) is 72.9 Å². The first-order valence-electron chi connectivity index (χ1n) is 9.35. The van der Waals surface area contributed by atoms with Crippen LogP contribution in [0.1, 0.15) is 11.1 Å². The van der Waals surface area contributed by atoms with E-state index in [1.165, 1.54) is 0 Å². The fraction of sp³-hybridized carbons (Fsp3) is 0.333. The van der Waals surface area contributed by atoms with Crippen LogP contribution < -0.4 is 5.32 Å². The summed E-state index contributed by atoms with van der Waals surface area (Å²) in [6, 6.07) is 13.4. The van der Waals surface area contributed by atoms with Gasteiger partial charge in [-0.05, 0) is 35.4 Å². The van der Waals surface area contributed by atoms with Crippen molar-refractivity contribution in [2.24, 2.45) is 0 Å². The van der Waals surface area contributed by atoms with E-state index in [0.29, 0.717) is 37.6 Å². The lowest BCUT2D eigenvalue weighted by Crippen LogP contribution is -2.69. The number of rotatable bonds is 4. The molecule has 2 aliphatic rings. The zero-order chi connectivity index (χ0) is 19.7. The van der Waals surface area contributed by atoms with Gasteiger partial charge in [0.25, 0.3) is 0 Å². The monoisotopic (exact) mass is 399 g/mol. The third kappa shape index (κ3) is 3.98. The molecule has 2 saturated heterocycles. The van der Waals surface area contributed by atoms with E-state index in [2.05, 4.69) is 10.2 Å². The highest BCUT2D eigenvalue weighted by molar-refractivity contribution is 6.30. The van der Waals surface area contributed by atoms with E-state index in [1.807, 2.05) is 24.3 Å². The van der Waals surface area contributed by atoms with Gasteiger partial charge < -0.3 is 15.3 Å². The van der Waals surface area contributed by atoms with Crippen molar-refractivity contribution in [1.82, 2.24) is 15.1 Å². The van der Waals surface area contributed by atoms with Crippen LogP contribution in [0.2, 0.25) is 5.02 Å². The number of piperazine rings is 2. The summed E-state index contributed by atoms with van der Waals surface area (Å²) in [6.45, 7) is 2.46. The molecule has 2 N–H and O–H groups in total. The third-order valence-corrected chi connectivity index (χ3v) is 5.57. The Hall–Kier alpha value is -2.57. The Morgan fingerprint density at radius 1 is 1.07 bits per heavy atom. The lowest BCUT2D eigenvalue weighted by molar-refractivity contribution is -0.153. The summed E-state index contributed by atoms with van der Waals surface area (Å²) in [7, 11) is 0. The Bertz CT molecular complexity index is 887. The van der Waals surface area contributed by atoms with Gasteiger partial charge in [-0.1, -0.05) is 35.9 Å². The molecular weight excluding hydrogens is 378 g/mol. The van der Waals surface area contributed by atoms with Crippen molar-refractivity contribution in [3.05, 3.63) is 64.7 Å². The van der Waals surface area contributed by atoms with E-state index < -0.39 is 12.1 Å². The summed E-state index contributed by atoms with van der Waals surface area (Å²) in [4.78, 5) is 29.5. The van der Waals surface area contributed by atoms with Crippen LogP contribution in [-0.4, -0.2) is 58.4 Å². The molecule has 4 rings (SSSR count). The molecule has 0 unspecified atom stereocenters. The summed E-state index contributed by atoms with van der Waals surface area (Å²) in [6.07, 6.45) is 0.417. The number of amides is 2. The normalized spacial score (nSPS) is 22.7. The van der Waals surface area contributed by atoms with Crippen molar-refractivity contribution in [2.75, 3.05) is 19.6 Å². The van der Waals surface area contributed by atoms with Crippen molar-refractivity contribution >= 4 is 23.4 Å². The first-order chi connectivity index (χ1) is 13.5. The minimum Gasteiger partial charge on any atom is -0.508 e. The summed E-state index contributed by atoms with van der Waals surface area (Å²) in [5.41, 5.74) is 1.99. The minimum atomic E-state index is -0.562. The number of nitrogens with zero attached hydrogens (tertiary/aromatic N) is 2. The number of hydrogen-bond acceptors (Lipinski definition) is 4. The van der Waals surface area contributed by atoms with Gasteiger partial charge in [-0.3, -0.25) is 14.5 Å². The quantitative estimate of drug-likeness (QED) is 0.822. The van der Waals surface area contributed by atoms with Crippen LogP contribution in [0.5, 0.6) is 5.75 Å². The summed E-state index contributed by atoms with van der Waals surface area (Å²) in [5, 5.41) is 13.0. The van der Waals surface area contributed by atoms with E-state index in [-0.39, 0.29) is 17.6 Å². The molecule has 7 heteroatoms. The number of benzene rings is 2. The standard InChI is InChI=1S/C21H22ClN3O3/c22-16-3-1-2-15(10-16)12-24-8-9-25-19(13-24)20(27)23-18(21(25)28)11-14-4-6-17(26)7-5-14/h1-7,10,18-19,26H,8-9,11-13H2,(H,23,27)/t18-,19-/m1/s1. The number of nitrogens with one attached hydrogen (secondary N) is 1. The van der Waals surface area contributed by atoms with E-state index in [9.17, 15) is 14.7 Å². The van der Waals surface area contributed by atoms with Crippen molar-refractivity contribution in [3.8, 4) is 5.75 Å². The SMILES string of the molecule is O=C1N[C@H](Cc2ccc(O)cc2)C(=O)N2CCN(Cc3cccc(Cl)c3)C[C@H]12. The molecule has 6 nitrogen and oxygen atoms in total. The molecule has 2 atom stereocenters. The van der Waals surface area contributed by atoms with Gasteiger partial charge in [-0.25, -0.2) is 0 Å². The number of hydrogen-bond donors (Lipinski definition) is 2. The maximum Gasteiger partial charge on any atom is 0.246 e. The van der Waals surface area contributed by atoms with Gasteiger partial charge in [0.15, 0.2) is 0 Å². The Balaban J connectivity index is 1.41. The second-order valence-electron chi connectivity index (χ2n) is 7.34. The zero-order valence-electron chi connectivity index (χ0n) is 15.3. The third-order valence-electron chi connectivity index (χ3n) is 5.34. The van der Waals surface area contributed by atoms with Crippen LogP contribution in [-0.2, 0) is 22.6 Å². The molecule has 2 aromatic carbocycles. The maximum atomic E-state index is 12.9. The molecule has 2 amide bonds. The summed E-state index contributed by atoms with van der Waals surface area (Å²) >= 11 is 6.06. The van der Waals surface area contributed by atoms with Gasteiger partial charge in [-0.15, -0.1) is 0 Å². The molecule has 2 heterocycles. The predicted molar refractivity (Wildman–Crippen MR) is 106 cm³/mol. The molecule has 0 aliphatic carbocycles. The van der Waals surface area contributed by atoms with Crippen LogP contribution in [0.4, 0.5) is 0 Å². The zero-order valence-corrected chi connectivity index (χ0v) is 16.1. The molecule has 146 valence electrons. The second kappa shape index (κ2) is 7.81. The number of aromatic hydroxyl groups is 1. The van der Waals surface area contributed by atoms with Gasteiger partial charge in [0.05, 0.1) is 0 Å². The van der Waals surface area contributed by atoms with Crippen LogP contribution in [0, 0.1) is 0 Å². The number of carbonyl (C=O) groups is 2. The predicted octanol–water partition coefficient (Wildman–Crippen LogP) is 1.80. The van der Waals surface area contributed by atoms with E-state index in [0.717, 1.165) is 11.1 Å². The largest absolute Gasteiger partial charge is 0.508 e. The molecule has 0 saturated carbocycles. The van der Waals surface area contributed by atoms with E-state index in [1.54, 1.807) is 29.2 Å². The van der Waals surface area contributed by atoms with Gasteiger partial charge >= 0.3 is 0 Å². The Morgan fingerprint density at radius 3 is 2.61 bits per heavy atom. The highest BCUT2D eigenvalue weighted by Crippen LogP contribution is 2.21. The average molecular weight is 400 g/mol. The molecule has 28 heavy (non-hydrogen) atoms. The second-order valence-corrected chi connectivity index (χ2v) is 7.78. The minimum absolute atomic E-state index is 0.0416. The highest BCUT2D eigenvalue weighted by atomic mass is 35.5. The molecular formula is C21H22ClN3O3. The smallest absolute Gasteiger partial charge is 0.246 e. The van der Waals surface area contributed by atoms with Crippen molar-refractivity contribution in [2.45, 2.75) is 25.0 Å². The van der Waals surface area contributed by atoms with Gasteiger partial charge in [0.1, 0.15) is 17.8 Å². The Kier molecular flexibility index (Phi) is 5.24. The van der Waals surface area contributed by atoms with Gasteiger partial charge in [-0.2, -0.15) is 0 Å². The first-order valence-corrected chi connectivity index (χ1v) is 9.73. The molecule has 0 bridgehead atoms. The Morgan fingerprint density at radius 2 is 1.86 bits per heavy atom.